The van der Waals surface area contributed by atoms with Crippen LogP contribution >= 0.6 is 11.6 Å². The molecule has 0 bridgehead atoms. The van der Waals surface area contributed by atoms with E-state index in [9.17, 15) is 14.0 Å². The number of urea groups is 1. The Morgan fingerprint density at radius 1 is 1.08 bits per heavy atom. The van der Waals surface area contributed by atoms with Gasteiger partial charge in [-0.15, -0.1) is 0 Å². The number of carbonyl (C=O) groups is 2. The zero-order chi connectivity index (χ0) is 25.8. The molecule has 1 aliphatic rings. The van der Waals surface area contributed by atoms with Crippen LogP contribution in [0.25, 0.3) is 0 Å². The fourth-order valence-corrected chi connectivity index (χ4v) is 4.31. The van der Waals surface area contributed by atoms with Crippen molar-refractivity contribution in [2.45, 2.75) is 52.3 Å². The zero-order valence-electron chi connectivity index (χ0n) is 20.5. The van der Waals surface area contributed by atoms with E-state index < -0.39 is 11.9 Å². The molecule has 0 fully saturated rings. The average molecular weight is 510 g/mol. The van der Waals surface area contributed by atoms with Gasteiger partial charge in [-0.25, -0.2) is 9.18 Å². The summed E-state index contributed by atoms with van der Waals surface area (Å²) in [5, 5.41) is 5.94. The van der Waals surface area contributed by atoms with Crippen LogP contribution in [0, 0.1) is 5.82 Å². The van der Waals surface area contributed by atoms with Crippen molar-refractivity contribution in [2.24, 2.45) is 0 Å². The molecule has 3 aromatic carbocycles. The number of ether oxygens (including phenoxy) is 1. The Morgan fingerprint density at radius 3 is 2.44 bits per heavy atom. The van der Waals surface area contributed by atoms with E-state index in [4.69, 9.17) is 16.3 Å². The van der Waals surface area contributed by atoms with Crippen molar-refractivity contribution >= 4 is 34.9 Å². The van der Waals surface area contributed by atoms with Gasteiger partial charge in [0, 0.05) is 35.1 Å². The second-order valence-corrected chi connectivity index (χ2v) is 9.53. The first-order valence-corrected chi connectivity index (χ1v) is 12.3. The first-order valence-electron chi connectivity index (χ1n) is 11.9. The molecule has 36 heavy (non-hydrogen) atoms. The molecule has 2 N–H and O–H groups in total. The molecule has 0 radical (unpaired) electrons. The van der Waals surface area contributed by atoms with Crippen LogP contribution < -0.4 is 15.4 Å². The van der Waals surface area contributed by atoms with E-state index in [1.165, 1.54) is 17.7 Å². The molecule has 0 saturated heterocycles. The van der Waals surface area contributed by atoms with Gasteiger partial charge in [-0.3, -0.25) is 4.79 Å². The molecular formula is C28H29ClFN3O3. The molecule has 8 heteroatoms. The number of halogens is 2. The van der Waals surface area contributed by atoms with E-state index >= 15 is 0 Å². The Morgan fingerprint density at radius 2 is 1.78 bits per heavy atom. The van der Waals surface area contributed by atoms with Crippen molar-refractivity contribution in [3.8, 4) is 5.75 Å². The Labute approximate surface area is 215 Å². The Hall–Kier alpha value is -3.58. The van der Waals surface area contributed by atoms with Gasteiger partial charge in [0.05, 0.1) is 0 Å². The summed E-state index contributed by atoms with van der Waals surface area (Å²) >= 11 is 6.22. The average Bonchev–Trinajstić information content (AvgIpc) is 2.97. The first-order chi connectivity index (χ1) is 17.2. The lowest BCUT2D eigenvalue weighted by Gasteiger charge is -2.23. The third-order valence-corrected chi connectivity index (χ3v) is 6.47. The SMILES string of the molecule is CC[C@@H]1Oc2ccc(NC(=O)Nc3ccc(C(C)C)cc3)cc2CN(Cc2ccc(F)cc2Cl)C1=O. The number of hydrogen-bond acceptors (Lipinski definition) is 3. The molecule has 6 nitrogen and oxygen atoms in total. The molecule has 0 aromatic heterocycles. The molecule has 0 unspecified atom stereocenters. The smallest absolute Gasteiger partial charge is 0.323 e. The lowest BCUT2D eigenvalue weighted by molar-refractivity contribution is -0.139. The van der Waals surface area contributed by atoms with Gasteiger partial charge in [-0.1, -0.05) is 50.6 Å². The van der Waals surface area contributed by atoms with Gasteiger partial charge < -0.3 is 20.3 Å². The van der Waals surface area contributed by atoms with E-state index in [2.05, 4.69) is 24.5 Å². The van der Waals surface area contributed by atoms with Crippen molar-refractivity contribution in [2.75, 3.05) is 10.6 Å². The highest BCUT2D eigenvalue weighted by Gasteiger charge is 2.30. The molecule has 0 spiro atoms. The van der Waals surface area contributed by atoms with Crippen LogP contribution in [-0.2, 0) is 17.9 Å². The van der Waals surface area contributed by atoms with Crippen LogP contribution in [0.15, 0.2) is 60.7 Å². The largest absolute Gasteiger partial charge is 0.480 e. The van der Waals surface area contributed by atoms with Gasteiger partial charge in [0.2, 0.25) is 0 Å². The minimum Gasteiger partial charge on any atom is -0.480 e. The number of nitrogens with zero attached hydrogens (tertiary/aromatic N) is 1. The second-order valence-electron chi connectivity index (χ2n) is 9.12. The third kappa shape index (κ3) is 5.97. The molecule has 188 valence electrons. The molecule has 0 saturated carbocycles. The van der Waals surface area contributed by atoms with Gasteiger partial charge in [0.1, 0.15) is 11.6 Å². The molecule has 3 amide bonds. The predicted octanol–water partition coefficient (Wildman–Crippen LogP) is 6.95. The van der Waals surface area contributed by atoms with Crippen molar-refractivity contribution in [1.29, 1.82) is 0 Å². The van der Waals surface area contributed by atoms with Crippen LogP contribution in [0.5, 0.6) is 5.75 Å². The van der Waals surface area contributed by atoms with Crippen molar-refractivity contribution < 1.29 is 18.7 Å². The maximum Gasteiger partial charge on any atom is 0.323 e. The number of amides is 3. The van der Waals surface area contributed by atoms with E-state index in [1.807, 2.05) is 31.2 Å². The van der Waals surface area contributed by atoms with Crippen LogP contribution in [0.2, 0.25) is 5.02 Å². The number of benzene rings is 3. The molecule has 1 aliphatic heterocycles. The lowest BCUT2D eigenvalue weighted by atomic mass is 10.0. The molecule has 0 aliphatic carbocycles. The Bertz CT molecular complexity index is 1260. The number of rotatable bonds is 6. The topological polar surface area (TPSA) is 70.7 Å². The molecule has 4 rings (SSSR count). The minimum absolute atomic E-state index is 0.175. The van der Waals surface area contributed by atoms with Crippen LogP contribution in [0.1, 0.15) is 49.8 Å². The number of nitrogens with one attached hydrogen (secondary N) is 2. The summed E-state index contributed by atoms with van der Waals surface area (Å²) in [6.45, 7) is 6.57. The Balaban J connectivity index is 1.51. The lowest BCUT2D eigenvalue weighted by Crippen LogP contribution is -2.38. The number of anilines is 2. The first kappa shape index (κ1) is 25.5. The molecule has 3 aromatic rings. The van der Waals surface area contributed by atoms with E-state index in [-0.39, 0.29) is 30.1 Å². The Kier molecular flexibility index (Phi) is 7.79. The fraction of sp³-hybridized carbons (Fsp3) is 0.286. The van der Waals surface area contributed by atoms with Gasteiger partial charge in [0.25, 0.3) is 5.91 Å². The molecule has 1 heterocycles. The fourth-order valence-electron chi connectivity index (χ4n) is 4.08. The summed E-state index contributed by atoms with van der Waals surface area (Å²) in [6, 6.07) is 16.8. The van der Waals surface area contributed by atoms with Crippen LogP contribution in [-0.4, -0.2) is 22.9 Å². The van der Waals surface area contributed by atoms with Gasteiger partial charge in [0.15, 0.2) is 6.10 Å². The summed E-state index contributed by atoms with van der Waals surface area (Å²) in [5.74, 6) is 0.382. The van der Waals surface area contributed by atoms with Gasteiger partial charge in [-0.05, 0) is 65.9 Å². The van der Waals surface area contributed by atoms with Gasteiger partial charge in [-0.2, -0.15) is 0 Å². The number of carbonyl (C=O) groups excluding carboxylic acids is 2. The van der Waals surface area contributed by atoms with Crippen LogP contribution in [0.4, 0.5) is 20.6 Å². The summed E-state index contributed by atoms with van der Waals surface area (Å²) in [6.07, 6.45) is -0.161. The minimum atomic E-state index is -0.651. The van der Waals surface area contributed by atoms with E-state index in [1.54, 1.807) is 29.2 Å². The van der Waals surface area contributed by atoms with Gasteiger partial charge >= 0.3 is 6.03 Å². The molecule has 1 atom stereocenters. The monoisotopic (exact) mass is 509 g/mol. The summed E-state index contributed by atoms with van der Waals surface area (Å²) in [7, 11) is 0. The van der Waals surface area contributed by atoms with E-state index in [0.29, 0.717) is 35.0 Å². The predicted molar refractivity (Wildman–Crippen MR) is 140 cm³/mol. The van der Waals surface area contributed by atoms with Crippen molar-refractivity contribution in [3.63, 3.8) is 0 Å². The highest BCUT2D eigenvalue weighted by Crippen LogP contribution is 2.31. The van der Waals surface area contributed by atoms with Crippen LogP contribution in [0.3, 0.4) is 0 Å². The third-order valence-electron chi connectivity index (χ3n) is 6.12. The maximum absolute atomic E-state index is 13.5. The number of fused-ring (bicyclic) bond motifs is 1. The highest BCUT2D eigenvalue weighted by molar-refractivity contribution is 6.31. The van der Waals surface area contributed by atoms with E-state index in [0.717, 1.165) is 5.56 Å². The maximum atomic E-state index is 13.5. The summed E-state index contributed by atoms with van der Waals surface area (Å²) in [4.78, 5) is 27.4. The number of hydrogen-bond donors (Lipinski definition) is 2. The van der Waals surface area contributed by atoms with Crippen molar-refractivity contribution in [1.82, 2.24) is 4.90 Å². The second kappa shape index (κ2) is 11.0. The molecular weight excluding hydrogens is 481 g/mol. The standard InChI is InChI=1S/C28H29ClFN3O3/c1-4-25-27(34)33(15-19-5-8-21(30)14-24(19)29)16-20-13-23(11-12-26(20)36-25)32-28(35)31-22-9-6-18(7-10-22)17(2)3/h5-14,17,25H,4,15-16H2,1-3H3,(H2,31,32,35)/t25-/m0/s1. The highest BCUT2D eigenvalue weighted by atomic mass is 35.5. The quantitative estimate of drug-likeness (QED) is 0.378. The summed E-state index contributed by atoms with van der Waals surface area (Å²) in [5.41, 5.74) is 3.83. The summed E-state index contributed by atoms with van der Waals surface area (Å²) < 4.78 is 19.5. The normalized spacial score (nSPS) is 15.2. The van der Waals surface area contributed by atoms with Crippen molar-refractivity contribution in [3.05, 3.63) is 88.2 Å². The zero-order valence-corrected chi connectivity index (χ0v) is 21.2.